The largest absolute Gasteiger partial charge is 2.00 e. The van der Waals surface area contributed by atoms with E-state index in [0.717, 1.165) is 5.75 Å². The number of hydrogen-bond donors (Lipinski definition) is 2. The molecule has 0 aliphatic rings. The average Bonchev–Trinajstić information content (AvgIpc) is 1.82. The van der Waals surface area contributed by atoms with Crippen molar-refractivity contribution in [2.75, 3.05) is 12.0 Å². The molecule has 0 saturated heterocycles. The first kappa shape index (κ1) is 13.9. The van der Waals surface area contributed by atoms with E-state index >= 15 is 0 Å². The second-order valence-electron chi connectivity index (χ2n) is 1.73. The molecule has 0 saturated carbocycles. The van der Waals surface area contributed by atoms with Crippen LogP contribution in [-0.4, -0.2) is 78.0 Å². The van der Waals surface area contributed by atoms with Crippen molar-refractivity contribution in [2.45, 2.75) is 12.5 Å². The van der Waals surface area contributed by atoms with Crippen LogP contribution in [0.2, 0.25) is 0 Å². The summed E-state index contributed by atoms with van der Waals surface area (Å²) in [4.78, 5) is 10.1. The minimum atomic E-state index is -0.913. The molecule has 0 fully saturated rings. The fourth-order valence-corrected chi connectivity index (χ4v) is 0.858. The van der Waals surface area contributed by atoms with Crippen LogP contribution in [0.3, 0.4) is 0 Å². The quantitative estimate of drug-likeness (QED) is 0.715. The first-order chi connectivity index (χ1) is 4.18. The van der Waals surface area contributed by atoms with E-state index in [1.165, 1.54) is 0 Å². The van der Waals surface area contributed by atoms with Crippen LogP contribution in [0.25, 0.3) is 0 Å². The molecule has 58 valence electrons. The smallest absolute Gasteiger partial charge is 1.00 e. The summed E-state index contributed by atoms with van der Waals surface area (Å²) in [6.07, 6.45) is 2.48. The molecule has 10 heavy (non-hydrogen) atoms. The van der Waals surface area contributed by atoms with E-state index in [1.54, 1.807) is 11.8 Å². The Morgan fingerprint density at radius 1 is 1.90 bits per heavy atom. The summed E-state index contributed by atoms with van der Waals surface area (Å²) in [5.74, 6) is -0.1000. The molecule has 3 N–H and O–H groups in total. The van der Waals surface area contributed by atoms with Gasteiger partial charge in [0.1, 0.15) is 6.04 Å². The van der Waals surface area contributed by atoms with E-state index in [0.29, 0.717) is 6.42 Å². The number of aliphatic carboxylic acids is 1. The van der Waals surface area contributed by atoms with Gasteiger partial charge in [0, 0.05) is 0 Å². The van der Waals surface area contributed by atoms with Gasteiger partial charge in [-0.25, -0.2) is 0 Å². The van der Waals surface area contributed by atoms with Gasteiger partial charge in [0.15, 0.2) is 0 Å². The zero-order chi connectivity index (χ0) is 7.28. The predicted molar refractivity (Wildman–Crippen MR) is 46.6 cm³/mol. The van der Waals surface area contributed by atoms with Crippen molar-refractivity contribution in [1.29, 1.82) is 0 Å². The normalized spacial score (nSPS) is 11.8. The van der Waals surface area contributed by atoms with Crippen molar-refractivity contribution in [1.82, 2.24) is 0 Å². The van der Waals surface area contributed by atoms with Crippen molar-refractivity contribution < 1.29 is 12.8 Å². The molecule has 5 heteroatoms. The van der Waals surface area contributed by atoms with Gasteiger partial charge in [0.05, 0.1) is 0 Å². The molecule has 1 atom stereocenters. The first-order valence-electron chi connectivity index (χ1n) is 2.65. The van der Waals surface area contributed by atoms with Crippen molar-refractivity contribution in [3.05, 3.63) is 0 Å². The zero-order valence-electron chi connectivity index (χ0n) is 8.04. The van der Waals surface area contributed by atoms with Gasteiger partial charge in [-0.05, 0) is 18.4 Å². The summed E-state index contributed by atoms with van der Waals surface area (Å²) >= 11 is 1.60. The molecule has 3 nitrogen and oxygen atoms in total. The monoisotopic (exact) mass is 289 g/mol. The van der Waals surface area contributed by atoms with Gasteiger partial charge < -0.3 is 13.7 Å². The molecule has 0 aromatic heterocycles. The van der Waals surface area contributed by atoms with Crippen LogP contribution in [0, 0.1) is 0 Å². The third kappa shape index (κ3) is 7.46. The Kier molecular flexibility index (Phi) is 11.8. The number of carboxylic acids is 1. The number of carboxylic acid groups (broad SMARTS) is 1. The topological polar surface area (TPSA) is 63.3 Å². The van der Waals surface area contributed by atoms with Crippen LogP contribution < -0.4 is 5.73 Å². The van der Waals surface area contributed by atoms with Gasteiger partial charge in [-0.15, -0.1) is 0 Å². The summed E-state index contributed by atoms with van der Waals surface area (Å²) in [6, 6.07) is -0.683. The van der Waals surface area contributed by atoms with E-state index < -0.39 is 12.0 Å². The van der Waals surface area contributed by atoms with E-state index in [2.05, 4.69) is 0 Å². The molecule has 0 aromatic carbocycles. The van der Waals surface area contributed by atoms with Gasteiger partial charge in [-0.2, -0.15) is 11.8 Å². The second kappa shape index (κ2) is 8.45. The number of rotatable bonds is 4. The fourth-order valence-electron chi connectivity index (χ4n) is 0.368. The maximum atomic E-state index is 10.1. The van der Waals surface area contributed by atoms with Gasteiger partial charge in [0.2, 0.25) is 0 Å². The van der Waals surface area contributed by atoms with Crippen LogP contribution in [0.5, 0.6) is 0 Å². The molecule has 0 aromatic rings. The maximum absolute atomic E-state index is 10.1. The Hall–Kier alpha value is 1.35. The van der Waals surface area contributed by atoms with Crippen LogP contribution in [0.4, 0.5) is 0 Å². The van der Waals surface area contributed by atoms with Gasteiger partial charge in [0.25, 0.3) is 0 Å². The minimum absolute atomic E-state index is 0. The Balaban J connectivity index is -0.000000107. The maximum Gasteiger partial charge on any atom is 2.00 e. The standard InChI is InChI=1S/C5H11NO2S.Ba.2H/c1-9-3-2-4(6)5(7)8;;;/h4H,2-3,6H2,1H3,(H,7,8);;;/q;+2;2*-1/t4-;;;/m0.../s1. The van der Waals surface area contributed by atoms with Gasteiger partial charge >= 0.3 is 54.9 Å². The number of carbonyl (C=O) groups is 1. The summed E-state index contributed by atoms with van der Waals surface area (Å²) in [5, 5.41) is 8.27. The summed E-state index contributed by atoms with van der Waals surface area (Å²) in [5.41, 5.74) is 5.19. The minimum Gasteiger partial charge on any atom is -1.00 e. The van der Waals surface area contributed by atoms with Crippen LogP contribution in [-0.2, 0) is 4.79 Å². The summed E-state index contributed by atoms with van der Waals surface area (Å²) in [7, 11) is 0. The molecule has 0 unspecified atom stereocenters. The predicted octanol–water partition coefficient (Wildman–Crippen LogP) is -0.00440. The van der Waals surface area contributed by atoms with Crippen molar-refractivity contribution >= 4 is 66.6 Å². The SMILES string of the molecule is CSCC[C@H](N)C(=O)O.[Ba+2].[H-].[H-]. The van der Waals surface area contributed by atoms with Crippen LogP contribution in [0.15, 0.2) is 0 Å². The molecule has 0 amide bonds. The van der Waals surface area contributed by atoms with Crippen LogP contribution >= 0.6 is 11.8 Å². The molecule has 0 spiro atoms. The molecule has 0 heterocycles. The number of thioether (sulfide) groups is 1. The Morgan fingerprint density at radius 3 is 2.70 bits per heavy atom. The number of nitrogens with two attached hydrogens (primary N) is 1. The summed E-state index contributed by atoms with van der Waals surface area (Å²) in [6.45, 7) is 0. The molecule has 0 bridgehead atoms. The van der Waals surface area contributed by atoms with Crippen molar-refractivity contribution in [3.63, 3.8) is 0 Å². The molecule has 0 rings (SSSR count). The van der Waals surface area contributed by atoms with E-state index in [4.69, 9.17) is 10.8 Å². The molecular formula is C5H13BaNO2S. The number of hydrogen-bond acceptors (Lipinski definition) is 3. The first-order valence-corrected chi connectivity index (χ1v) is 4.05. The van der Waals surface area contributed by atoms with Crippen LogP contribution in [0.1, 0.15) is 9.27 Å². The average molecular weight is 289 g/mol. The Bertz CT molecular complexity index is 109. The molecular weight excluding hydrogens is 275 g/mol. The second-order valence-corrected chi connectivity index (χ2v) is 2.71. The molecule has 0 aliphatic heterocycles. The van der Waals surface area contributed by atoms with Gasteiger partial charge in [-0.3, -0.25) is 4.79 Å². The van der Waals surface area contributed by atoms with E-state index in [1.807, 2.05) is 6.26 Å². The molecule has 0 radical (unpaired) electrons. The fraction of sp³-hybridized carbons (Fsp3) is 0.800. The van der Waals surface area contributed by atoms with E-state index in [-0.39, 0.29) is 51.7 Å². The Labute approximate surface area is 108 Å². The van der Waals surface area contributed by atoms with E-state index in [9.17, 15) is 4.79 Å². The zero-order valence-corrected chi connectivity index (χ0v) is 11.3. The third-order valence-corrected chi connectivity index (χ3v) is 1.59. The molecule has 0 aliphatic carbocycles. The summed E-state index contributed by atoms with van der Waals surface area (Å²) < 4.78 is 0. The van der Waals surface area contributed by atoms with Crippen molar-refractivity contribution in [2.24, 2.45) is 5.73 Å². The Morgan fingerprint density at radius 2 is 2.40 bits per heavy atom. The van der Waals surface area contributed by atoms with Gasteiger partial charge in [-0.1, -0.05) is 0 Å². The van der Waals surface area contributed by atoms with Crippen molar-refractivity contribution in [3.8, 4) is 0 Å². The third-order valence-electron chi connectivity index (χ3n) is 0.950.